The molecule has 0 aliphatic heterocycles. The zero-order chi connectivity index (χ0) is 25.1. The monoisotopic (exact) mass is 475 g/mol. The highest BCUT2D eigenvalue weighted by Gasteiger charge is 2.28. The lowest BCUT2D eigenvalue weighted by Crippen LogP contribution is -2.38. The number of rotatable bonds is 7. The van der Waals surface area contributed by atoms with E-state index in [4.69, 9.17) is 4.98 Å². The maximum Gasteiger partial charge on any atom is 0.266 e. The first-order valence-corrected chi connectivity index (χ1v) is 11.6. The van der Waals surface area contributed by atoms with Crippen molar-refractivity contribution in [3.8, 4) is 5.69 Å². The Kier molecular flexibility index (Phi) is 7.05. The van der Waals surface area contributed by atoms with Gasteiger partial charge in [-0.1, -0.05) is 32.0 Å². The van der Waals surface area contributed by atoms with Crippen LogP contribution >= 0.6 is 0 Å². The summed E-state index contributed by atoms with van der Waals surface area (Å²) in [6.07, 6.45) is 0.708. The van der Waals surface area contributed by atoms with Crippen LogP contribution in [0.5, 0.6) is 0 Å². The summed E-state index contributed by atoms with van der Waals surface area (Å²) in [5, 5.41) is 0.415. The summed E-state index contributed by atoms with van der Waals surface area (Å²) < 4.78 is 29.0. The third-order valence-corrected chi connectivity index (χ3v) is 6.01. The number of nitrogens with zero attached hydrogens (tertiary/aromatic N) is 3. The number of halogens is 2. The predicted molar refractivity (Wildman–Crippen MR) is 133 cm³/mol. The largest absolute Gasteiger partial charge is 0.329 e. The van der Waals surface area contributed by atoms with Gasteiger partial charge >= 0.3 is 0 Å². The van der Waals surface area contributed by atoms with Crippen LogP contribution in [0.15, 0.2) is 77.6 Å². The lowest BCUT2D eigenvalue weighted by Gasteiger charge is -2.31. The molecular weight excluding hydrogens is 448 g/mol. The Morgan fingerprint density at radius 1 is 0.943 bits per heavy atom. The maximum absolute atomic E-state index is 13.9. The zero-order valence-corrected chi connectivity index (χ0v) is 19.9. The minimum absolute atomic E-state index is 0.220. The molecule has 0 saturated carbocycles. The van der Waals surface area contributed by atoms with Crippen LogP contribution in [0.25, 0.3) is 16.6 Å². The van der Waals surface area contributed by atoms with Gasteiger partial charge in [0.2, 0.25) is 0 Å². The third-order valence-electron chi connectivity index (χ3n) is 6.01. The van der Waals surface area contributed by atoms with E-state index in [1.165, 1.54) is 47.0 Å². The van der Waals surface area contributed by atoms with Crippen LogP contribution in [0.2, 0.25) is 0 Å². The number of carbonyl (C=O) groups excluding carboxylic acids is 1. The smallest absolute Gasteiger partial charge is 0.266 e. The van der Waals surface area contributed by atoms with E-state index in [0.29, 0.717) is 41.3 Å². The summed E-state index contributed by atoms with van der Waals surface area (Å²) >= 11 is 0. The second-order valence-corrected chi connectivity index (χ2v) is 8.97. The topological polar surface area (TPSA) is 55.2 Å². The molecule has 1 unspecified atom stereocenters. The average Bonchev–Trinajstić information content (AvgIpc) is 2.84. The molecule has 1 atom stereocenters. The second kappa shape index (κ2) is 10.2. The van der Waals surface area contributed by atoms with Crippen molar-refractivity contribution in [2.24, 2.45) is 5.92 Å². The van der Waals surface area contributed by atoms with E-state index in [1.54, 1.807) is 42.2 Å². The summed E-state index contributed by atoms with van der Waals surface area (Å²) in [6.45, 7) is 6.30. The van der Waals surface area contributed by atoms with Crippen LogP contribution < -0.4 is 5.56 Å². The Balaban J connectivity index is 1.89. The molecule has 0 aliphatic carbocycles. The van der Waals surface area contributed by atoms with Gasteiger partial charge in [0.05, 0.1) is 22.6 Å². The summed E-state index contributed by atoms with van der Waals surface area (Å²) in [4.78, 5) is 33.5. The maximum atomic E-state index is 13.9. The molecule has 4 rings (SSSR count). The van der Waals surface area contributed by atoms with Gasteiger partial charge in [-0.3, -0.25) is 14.2 Å². The number of fused-ring (bicyclic) bond motifs is 1. The minimum atomic E-state index is -0.633. The van der Waals surface area contributed by atoms with E-state index >= 15 is 0 Å². The van der Waals surface area contributed by atoms with Gasteiger partial charge in [0.15, 0.2) is 0 Å². The molecule has 180 valence electrons. The van der Waals surface area contributed by atoms with Crippen molar-refractivity contribution in [3.05, 3.63) is 106 Å². The molecule has 35 heavy (non-hydrogen) atoms. The summed E-state index contributed by atoms with van der Waals surface area (Å²) in [6, 6.07) is 17.5. The Labute approximate surface area is 202 Å². The van der Waals surface area contributed by atoms with Gasteiger partial charge in [-0.25, -0.2) is 13.8 Å². The fourth-order valence-corrected chi connectivity index (χ4v) is 4.06. The van der Waals surface area contributed by atoms with Crippen LogP contribution in [0.1, 0.15) is 49.4 Å². The van der Waals surface area contributed by atoms with Crippen molar-refractivity contribution in [2.75, 3.05) is 6.54 Å². The van der Waals surface area contributed by atoms with E-state index in [-0.39, 0.29) is 17.0 Å². The van der Waals surface area contributed by atoms with Gasteiger partial charge < -0.3 is 4.90 Å². The molecule has 0 N–H and O–H groups in total. The van der Waals surface area contributed by atoms with Gasteiger partial charge in [0.25, 0.3) is 11.5 Å². The second-order valence-electron chi connectivity index (χ2n) is 8.97. The summed E-state index contributed by atoms with van der Waals surface area (Å²) in [5.74, 6) is -0.627. The van der Waals surface area contributed by atoms with E-state index < -0.39 is 17.7 Å². The van der Waals surface area contributed by atoms with Crippen molar-refractivity contribution < 1.29 is 13.6 Å². The first-order chi connectivity index (χ1) is 16.8. The van der Waals surface area contributed by atoms with Crippen LogP contribution in [0, 0.1) is 17.6 Å². The summed E-state index contributed by atoms with van der Waals surface area (Å²) in [7, 11) is 0. The molecule has 0 saturated heterocycles. The van der Waals surface area contributed by atoms with Gasteiger partial charge in [-0.05, 0) is 73.9 Å². The Morgan fingerprint density at radius 3 is 2.34 bits per heavy atom. The average molecular weight is 476 g/mol. The van der Waals surface area contributed by atoms with Gasteiger partial charge in [0.1, 0.15) is 17.5 Å². The van der Waals surface area contributed by atoms with Crippen molar-refractivity contribution in [3.63, 3.8) is 0 Å². The number of amides is 1. The number of aromatic nitrogens is 2. The molecule has 0 fully saturated rings. The molecule has 4 aromatic rings. The Morgan fingerprint density at radius 2 is 1.66 bits per heavy atom. The summed E-state index contributed by atoms with van der Waals surface area (Å²) in [5.41, 5.74) is 0.849. The van der Waals surface area contributed by atoms with Crippen LogP contribution in [-0.2, 0) is 0 Å². The third kappa shape index (κ3) is 5.14. The number of carbonyl (C=O) groups is 1. The Bertz CT molecular complexity index is 1410. The SMILES string of the molecule is CC(C)CCN(C(=O)c1cccc(F)c1)C(C)c1nc2ccccc2c(=O)n1-c1ccc(F)cc1. The molecule has 3 aromatic carbocycles. The van der Waals surface area contributed by atoms with Gasteiger partial charge in [-0.15, -0.1) is 0 Å². The standard InChI is InChI=1S/C28H27F2N3O2/c1-18(2)15-16-32(27(34)20-7-6-8-22(30)17-20)19(3)26-31-25-10-5-4-9-24(25)28(35)33(26)23-13-11-21(29)12-14-23/h4-14,17-19H,15-16H2,1-3H3. The lowest BCUT2D eigenvalue weighted by molar-refractivity contribution is 0.0671. The highest BCUT2D eigenvalue weighted by molar-refractivity contribution is 5.94. The number of hydrogen-bond donors (Lipinski definition) is 0. The van der Waals surface area contributed by atoms with Crippen LogP contribution in [-0.4, -0.2) is 26.9 Å². The predicted octanol–water partition coefficient (Wildman–Crippen LogP) is 5.91. The Hall–Kier alpha value is -3.87. The molecule has 5 nitrogen and oxygen atoms in total. The van der Waals surface area contributed by atoms with Crippen molar-refractivity contribution in [1.82, 2.24) is 14.5 Å². The van der Waals surface area contributed by atoms with Gasteiger partial charge in [-0.2, -0.15) is 0 Å². The number of benzene rings is 3. The van der Waals surface area contributed by atoms with Crippen molar-refractivity contribution in [1.29, 1.82) is 0 Å². The van der Waals surface area contributed by atoms with Crippen LogP contribution in [0.3, 0.4) is 0 Å². The number of hydrogen-bond acceptors (Lipinski definition) is 3. The highest BCUT2D eigenvalue weighted by atomic mass is 19.1. The van der Waals surface area contributed by atoms with E-state index in [9.17, 15) is 18.4 Å². The van der Waals surface area contributed by atoms with Crippen molar-refractivity contribution >= 4 is 16.8 Å². The molecule has 0 spiro atoms. The van der Waals surface area contributed by atoms with E-state index in [2.05, 4.69) is 13.8 Å². The van der Waals surface area contributed by atoms with E-state index in [0.717, 1.165) is 0 Å². The first kappa shape index (κ1) is 24.3. The lowest BCUT2D eigenvalue weighted by atomic mass is 10.1. The van der Waals surface area contributed by atoms with Gasteiger partial charge in [0, 0.05) is 12.1 Å². The van der Waals surface area contributed by atoms with Crippen molar-refractivity contribution in [2.45, 2.75) is 33.2 Å². The van der Waals surface area contributed by atoms with E-state index in [1.807, 2.05) is 0 Å². The molecule has 0 bridgehead atoms. The molecule has 7 heteroatoms. The normalized spacial score (nSPS) is 12.2. The highest BCUT2D eigenvalue weighted by Crippen LogP contribution is 2.26. The first-order valence-electron chi connectivity index (χ1n) is 11.6. The number of para-hydroxylation sites is 1. The molecule has 1 heterocycles. The molecule has 0 aliphatic rings. The molecule has 1 aromatic heterocycles. The fourth-order valence-electron chi connectivity index (χ4n) is 4.06. The fraction of sp³-hybridized carbons (Fsp3) is 0.250. The quantitative estimate of drug-likeness (QED) is 0.334. The molecule has 1 amide bonds. The zero-order valence-electron chi connectivity index (χ0n) is 19.9. The minimum Gasteiger partial charge on any atom is -0.329 e. The molecular formula is C28H27F2N3O2. The van der Waals surface area contributed by atoms with Crippen LogP contribution in [0.4, 0.5) is 8.78 Å². The molecule has 0 radical (unpaired) electrons.